The first-order valence-electron chi connectivity index (χ1n) is 9.24. The third-order valence-corrected chi connectivity index (χ3v) is 6.83. The summed E-state index contributed by atoms with van der Waals surface area (Å²) < 4.78 is 27.0. The lowest BCUT2D eigenvalue weighted by Crippen LogP contribution is -2.46. The van der Waals surface area contributed by atoms with Gasteiger partial charge in [-0.1, -0.05) is 12.1 Å². The Balaban J connectivity index is 1.52. The summed E-state index contributed by atoms with van der Waals surface area (Å²) in [6, 6.07) is 9.09. The fraction of sp³-hybridized carbons (Fsp3) is 0.444. The van der Waals surface area contributed by atoms with Crippen LogP contribution in [0.15, 0.2) is 41.4 Å². The van der Waals surface area contributed by atoms with E-state index in [4.69, 9.17) is 0 Å². The van der Waals surface area contributed by atoms with E-state index in [0.29, 0.717) is 43.1 Å². The number of piperazine rings is 1. The maximum absolute atomic E-state index is 12.7. The third kappa shape index (κ3) is 4.11. The molecule has 2 fully saturated rings. The zero-order valence-corrected chi connectivity index (χ0v) is 15.9. The normalized spacial score (nSPS) is 21.3. The van der Waals surface area contributed by atoms with Crippen LogP contribution < -0.4 is 16.0 Å². The van der Waals surface area contributed by atoms with Crippen LogP contribution in [0.2, 0.25) is 0 Å². The number of aromatic nitrogens is 2. The highest BCUT2D eigenvalue weighted by atomic mass is 32.2. The second-order valence-corrected chi connectivity index (χ2v) is 8.72. The summed E-state index contributed by atoms with van der Waals surface area (Å²) >= 11 is 0. The van der Waals surface area contributed by atoms with Crippen LogP contribution in [0.4, 0.5) is 5.95 Å². The largest absolute Gasteiger partial charge is 0.350 e. The zero-order chi connectivity index (χ0) is 18.7. The summed E-state index contributed by atoms with van der Waals surface area (Å²) in [6.07, 6.45) is 2.77. The van der Waals surface area contributed by atoms with Gasteiger partial charge in [0, 0.05) is 50.5 Å². The molecule has 1 atom stereocenters. The first kappa shape index (κ1) is 18.3. The standard InChI is InChI=1S/C18H24N6O2S/c25-27(26,24-11-9-19-10-12-24)16-3-1-14(2-4-16)17-6-8-21-18(23-17)22-15-5-7-20-13-15/h1-4,6,8,15,19-20H,5,7,9-13H2,(H,21,22,23)/t15-/m0/s1. The van der Waals surface area contributed by atoms with Crippen LogP contribution in [0.1, 0.15) is 6.42 Å². The monoisotopic (exact) mass is 388 g/mol. The maximum atomic E-state index is 12.7. The molecular formula is C18H24N6O2S. The van der Waals surface area contributed by atoms with Gasteiger partial charge in [-0.3, -0.25) is 0 Å². The van der Waals surface area contributed by atoms with Crippen molar-refractivity contribution in [1.82, 2.24) is 24.9 Å². The van der Waals surface area contributed by atoms with Gasteiger partial charge in [-0.25, -0.2) is 18.4 Å². The minimum atomic E-state index is -3.44. The Morgan fingerprint density at radius 2 is 1.81 bits per heavy atom. The highest BCUT2D eigenvalue weighted by molar-refractivity contribution is 7.89. The molecular weight excluding hydrogens is 364 g/mol. The van der Waals surface area contributed by atoms with Gasteiger partial charge in [-0.2, -0.15) is 4.31 Å². The van der Waals surface area contributed by atoms with Crippen molar-refractivity contribution < 1.29 is 8.42 Å². The van der Waals surface area contributed by atoms with E-state index >= 15 is 0 Å². The number of hydrogen-bond acceptors (Lipinski definition) is 7. The van der Waals surface area contributed by atoms with Crippen molar-refractivity contribution in [2.24, 2.45) is 0 Å². The lowest BCUT2D eigenvalue weighted by molar-refractivity contribution is 0.360. The molecule has 2 saturated heterocycles. The number of anilines is 1. The predicted octanol–water partition coefficient (Wildman–Crippen LogP) is 0.511. The van der Waals surface area contributed by atoms with Crippen molar-refractivity contribution in [2.75, 3.05) is 44.6 Å². The van der Waals surface area contributed by atoms with E-state index < -0.39 is 10.0 Å². The highest BCUT2D eigenvalue weighted by Crippen LogP contribution is 2.22. The minimum absolute atomic E-state index is 0.317. The average molecular weight is 388 g/mol. The van der Waals surface area contributed by atoms with Gasteiger partial charge in [-0.15, -0.1) is 0 Å². The summed E-state index contributed by atoms with van der Waals surface area (Å²) in [6.45, 7) is 4.28. The van der Waals surface area contributed by atoms with Gasteiger partial charge in [0.05, 0.1) is 10.6 Å². The molecule has 0 amide bonds. The molecule has 1 aromatic carbocycles. The van der Waals surface area contributed by atoms with E-state index in [-0.39, 0.29) is 0 Å². The molecule has 0 saturated carbocycles. The van der Waals surface area contributed by atoms with Crippen LogP contribution >= 0.6 is 0 Å². The summed E-state index contributed by atoms with van der Waals surface area (Å²) in [5.41, 5.74) is 1.63. The minimum Gasteiger partial charge on any atom is -0.350 e. The Bertz CT molecular complexity index is 875. The van der Waals surface area contributed by atoms with E-state index in [1.807, 2.05) is 6.07 Å². The molecule has 3 heterocycles. The van der Waals surface area contributed by atoms with Gasteiger partial charge in [0.25, 0.3) is 0 Å². The molecule has 8 nitrogen and oxygen atoms in total. The topological polar surface area (TPSA) is 99.2 Å². The molecule has 0 aliphatic carbocycles. The average Bonchev–Trinajstić information content (AvgIpc) is 3.22. The van der Waals surface area contributed by atoms with E-state index in [2.05, 4.69) is 25.9 Å². The molecule has 4 rings (SSSR count). The van der Waals surface area contributed by atoms with E-state index in [0.717, 1.165) is 30.8 Å². The number of hydrogen-bond donors (Lipinski definition) is 3. The molecule has 9 heteroatoms. The molecule has 2 aromatic rings. The Morgan fingerprint density at radius 1 is 1.04 bits per heavy atom. The summed E-state index contributed by atoms with van der Waals surface area (Å²) in [5.74, 6) is 0.596. The Hall–Kier alpha value is -2.07. The van der Waals surface area contributed by atoms with Gasteiger partial charge in [-0.05, 0) is 31.2 Å². The van der Waals surface area contributed by atoms with Gasteiger partial charge in [0.2, 0.25) is 16.0 Å². The molecule has 144 valence electrons. The van der Waals surface area contributed by atoms with Crippen molar-refractivity contribution in [3.8, 4) is 11.3 Å². The number of sulfonamides is 1. The van der Waals surface area contributed by atoms with Crippen molar-refractivity contribution in [2.45, 2.75) is 17.4 Å². The van der Waals surface area contributed by atoms with Gasteiger partial charge >= 0.3 is 0 Å². The Labute approximate surface area is 159 Å². The third-order valence-electron chi connectivity index (χ3n) is 4.91. The number of rotatable bonds is 5. The van der Waals surface area contributed by atoms with Crippen LogP contribution in [-0.2, 0) is 10.0 Å². The second kappa shape index (κ2) is 7.89. The molecule has 2 aliphatic rings. The first-order chi connectivity index (χ1) is 13.1. The molecule has 3 N–H and O–H groups in total. The van der Waals surface area contributed by atoms with Crippen molar-refractivity contribution in [1.29, 1.82) is 0 Å². The van der Waals surface area contributed by atoms with Crippen LogP contribution in [0.3, 0.4) is 0 Å². The number of benzene rings is 1. The maximum Gasteiger partial charge on any atom is 0.243 e. The first-order valence-corrected chi connectivity index (χ1v) is 10.7. The van der Waals surface area contributed by atoms with Crippen molar-refractivity contribution in [3.63, 3.8) is 0 Å². The molecule has 2 aliphatic heterocycles. The lowest BCUT2D eigenvalue weighted by atomic mass is 10.1. The van der Waals surface area contributed by atoms with Crippen molar-refractivity contribution in [3.05, 3.63) is 36.5 Å². The van der Waals surface area contributed by atoms with E-state index in [1.165, 1.54) is 4.31 Å². The van der Waals surface area contributed by atoms with E-state index in [9.17, 15) is 8.42 Å². The SMILES string of the molecule is O=S(=O)(c1ccc(-c2ccnc(N[C@H]3CCNC3)n2)cc1)N1CCNCC1. The van der Waals surface area contributed by atoms with Gasteiger partial charge in [0.15, 0.2) is 0 Å². The zero-order valence-electron chi connectivity index (χ0n) is 15.1. The highest BCUT2D eigenvalue weighted by Gasteiger charge is 2.25. The second-order valence-electron chi connectivity index (χ2n) is 6.78. The smallest absolute Gasteiger partial charge is 0.243 e. The summed E-state index contributed by atoms with van der Waals surface area (Å²) in [5, 5.41) is 9.81. The molecule has 0 unspecified atom stereocenters. The molecule has 0 bridgehead atoms. The molecule has 27 heavy (non-hydrogen) atoms. The predicted molar refractivity (Wildman–Crippen MR) is 104 cm³/mol. The van der Waals surface area contributed by atoms with Gasteiger partial charge in [0.1, 0.15) is 0 Å². The Kier molecular flexibility index (Phi) is 5.35. The van der Waals surface area contributed by atoms with Crippen molar-refractivity contribution >= 4 is 16.0 Å². The quantitative estimate of drug-likeness (QED) is 0.686. The van der Waals surface area contributed by atoms with Crippen LogP contribution in [0, 0.1) is 0 Å². The summed E-state index contributed by atoms with van der Waals surface area (Å²) in [4.78, 5) is 9.18. The molecule has 1 aromatic heterocycles. The summed E-state index contributed by atoms with van der Waals surface area (Å²) in [7, 11) is -3.44. The number of nitrogens with zero attached hydrogens (tertiary/aromatic N) is 3. The van der Waals surface area contributed by atoms with E-state index in [1.54, 1.807) is 30.5 Å². The lowest BCUT2D eigenvalue weighted by Gasteiger charge is -2.26. The number of nitrogens with one attached hydrogen (secondary N) is 3. The fourth-order valence-corrected chi connectivity index (χ4v) is 4.82. The Morgan fingerprint density at radius 3 is 2.52 bits per heavy atom. The molecule has 0 radical (unpaired) electrons. The van der Waals surface area contributed by atoms with Gasteiger partial charge < -0.3 is 16.0 Å². The van der Waals surface area contributed by atoms with Crippen LogP contribution in [0.25, 0.3) is 11.3 Å². The fourth-order valence-electron chi connectivity index (χ4n) is 3.38. The molecule has 0 spiro atoms. The van der Waals surface area contributed by atoms with Crippen LogP contribution in [-0.4, -0.2) is 68.0 Å². The van der Waals surface area contributed by atoms with Crippen LogP contribution in [0.5, 0.6) is 0 Å².